The van der Waals surface area contributed by atoms with E-state index in [0.717, 1.165) is 47.7 Å². The third-order valence-electron chi connectivity index (χ3n) is 5.49. The molecule has 4 rings (SSSR count). The number of aromatic nitrogens is 2. The summed E-state index contributed by atoms with van der Waals surface area (Å²) in [5.41, 5.74) is 3.88. The molecule has 3 aromatic rings. The Balaban J connectivity index is 1.54. The Labute approximate surface area is 183 Å². The van der Waals surface area contributed by atoms with E-state index in [1.54, 1.807) is 0 Å². The van der Waals surface area contributed by atoms with Crippen molar-refractivity contribution in [1.29, 1.82) is 0 Å². The number of carbonyl (C=O) groups is 1. The zero-order valence-corrected chi connectivity index (χ0v) is 18.1. The number of amides is 1. The second-order valence-corrected chi connectivity index (χ2v) is 7.97. The van der Waals surface area contributed by atoms with Crippen molar-refractivity contribution in [2.75, 3.05) is 13.2 Å². The van der Waals surface area contributed by atoms with E-state index in [1.807, 2.05) is 54.1 Å². The monoisotopic (exact) mass is 419 g/mol. The smallest absolute Gasteiger partial charge is 0.226 e. The van der Waals surface area contributed by atoms with Crippen LogP contribution in [0.15, 0.2) is 54.6 Å². The van der Waals surface area contributed by atoms with E-state index >= 15 is 0 Å². The van der Waals surface area contributed by atoms with Crippen molar-refractivity contribution in [2.24, 2.45) is 0 Å². The first kappa shape index (κ1) is 21.1. The lowest BCUT2D eigenvalue weighted by atomic mass is 10.1. The molecule has 1 aromatic heterocycles. The SMILES string of the molecule is Cc1cccc(-n2nc(C)c(CCC(=O)NCC3CCCO3)c2Oc2ccccc2)c1. The molecular weight excluding hydrogens is 390 g/mol. The van der Waals surface area contributed by atoms with Crippen LogP contribution < -0.4 is 10.1 Å². The highest BCUT2D eigenvalue weighted by Gasteiger charge is 2.21. The molecule has 1 aliphatic heterocycles. The largest absolute Gasteiger partial charge is 0.439 e. The Morgan fingerprint density at radius 2 is 2.03 bits per heavy atom. The van der Waals surface area contributed by atoms with Gasteiger partial charge in [0.2, 0.25) is 11.8 Å². The van der Waals surface area contributed by atoms with Crippen LogP contribution in [0.5, 0.6) is 11.6 Å². The number of hydrogen-bond acceptors (Lipinski definition) is 4. The molecule has 1 atom stereocenters. The van der Waals surface area contributed by atoms with Crippen molar-refractivity contribution < 1.29 is 14.3 Å². The van der Waals surface area contributed by atoms with E-state index in [4.69, 9.17) is 14.6 Å². The van der Waals surface area contributed by atoms with Gasteiger partial charge in [-0.3, -0.25) is 4.79 Å². The van der Waals surface area contributed by atoms with Crippen LogP contribution in [0.2, 0.25) is 0 Å². The van der Waals surface area contributed by atoms with Crippen molar-refractivity contribution in [1.82, 2.24) is 15.1 Å². The topological polar surface area (TPSA) is 65.4 Å². The van der Waals surface area contributed by atoms with Crippen LogP contribution in [0, 0.1) is 13.8 Å². The predicted molar refractivity (Wildman–Crippen MR) is 120 cm³/mol. The van der Waals surface area contributed by atoms with Crippen LogP contribution >= 0.6 is 0 Å². The molecule has 0 aliphatic carbocycles. The van der Waals surface area contributed by atoms with Crippen LogP contribution in [0.3, 0.4) is 0 Å². The maximum Gasteiger partial charge on any atom is 0.226 e. The van der Waals surface area contributed by atoms with Gasteiger partial charge in [0.25, 0.3) is 0 Å². The number of benzene rings is 2. The molecular formula is C25H29N3O3. The molecule has 0 radical (unpaired) electrons. The van der Waals surface area contributed by atoms with Crippen LogP contribution in [-0.2, 0) is 16.0 Å². The Kier molecular flexibility index (Phi) is 6.67. The third-order valence-corrected chi connectivity index (χ3v) is 5.49. The first-order valence-electron chi connectivity index (χ1n) is 10.9. The molecule has 0 spiro atoms. The van der Waals surface area contributed by atoms with E-state index in [2.05, 4.69) is 24.4 Å². The first-order chi connectivity index (χ1) is 15.1. The maximum atomic E-state index is 12.4. The summed E-state index contributed by atoms with van der Waals surface area (Å²) in [6.45, 7) is 5.38. The minimum Gasteiger partial charge on any atom is -0.439 e. The first-order valence-corrected chi connectivity index (χ1v) is 10.9. The van der Waals surface area contributed by atoms with Gasteiger partial charge >= 0.3 is 0 Å². The van der Waals surface area contributed by atoms with Crippen LogP contribution in [0.25, 0.3) is 5.69 Å². The Hall–Kier alpha value is -3.12. The second kappa shape index (κ2) is 9.79. The number of nitrogens with zero attached hydrogens (tertiary/aromatic N) is 2. The van der Waals surface area contributed by atoms with Crippen molar-refractivity contribution in [3.63, 3.8) is 0 Å². The quantitative estimate of drug-likeness (QED) is 0.583. The van der Waals surface area contributed by atoms with E-state index in [1.165, 1.54) is 0 Å². The molecule has 2 aromatic carbocycles. The molecule has 1 saturated heterocycles. The molecule has 1 N–H and O–H groups in total. The van der Waals surface area contributed by atoms with Gasteiger partial charge in [0.05, 0.1) is 17.5 Å². The summed E-state index contributed by atoms with van der Waals surface area (Å²) in [6, 6.07) is 17.8. The standard InChI is InChI=1S/C25H29N3O3/c1-18-8-6-9-20(16-18)28-25(31-21-10-4-3-5-11-21)23(19(2)27-28)13-14-24(29)26-17-22-12-7-15-30-22/h3-6,8-11,16,22H,7,12-15,17H2,1-2H3,(H,26,29). The number of aryl methyl sites for hydroxylation is 2. The maximum absolute atomic E-state index is 12.4. The zero-order valence-electron chi connectivity index (χ0n) is 18.1. The van der Waals surface area contributed by atoms with Gasteiger partial charge in [-0.2, -0.15) is 5.10 Å². The molecule has 1 aliphatic rings. The fourth-order valence-corrected chi connectivity index (χ4v) is 3.83. The fourth-order valence-electron chi connectivity index (χ4n) is 3.83. The van der Waals surface area contributed by atoms with Gasteiger partial charge in [-0.15, -0.1) is 0 Å². The van der Waals surface area contributed by atoms with Crippen LogP contribution in [-0.4, -0.2) is 34.9 Å². The highest BCUT2D eigenvalue weighted by Crippen LogP contribution is 2.31. The highest BCUT2D eigenvalue weighted by molar-refractivity contribution is 5.76. The highest BCUT2D eigenvalue weighted by atomic mass is 16.5. The molecule has 0 bridgehead atoms. The summed E-state index contributed by atoms with van der Waals surface area (Å²) in [5.74, 6) is 1.41. The molecule has 6 nitrogen and oxygen atoms in total. The second-order valence-electron chi connectivity index (χ2n) is 7.97. The van der Waals surface area contributed by atoms with Gasteiger partial charge in [0, 0.05) is 25.1 Å². The molecule has 1 unspecified atom stereocenters. The zero-order chi connectivity index (χ0) is 21.6. The van der Waals surface area contributed by atoms with Gasteiger partial charge in [-0.05, 0) is 62.9 Å². The lowest BCUT2D eigenvalue weighted by Gasteiger charge is -2.13. The normalized spacial score (nSPS) is 15.7. The average molecular weight is 420 g/mol. The molecule has 1 fully saturated rings. The van der Waals surface area contributed by atoms with Crippen molar-refractivity contribution >= 4 is 5.91 Å². The lowest BCUT2D eigenvalue weighted by molar-refractivity contribution is -0.121. The minimum absolute atomic E-state index is 0.0175. The molecule has 2 heterocycles. The Bertz CT molecular complexity index is 1020. The van der Waals surface area contributed by atoms with Crippen LogP contribution in [0.4, 0.5) is 0 Å². The summed E-state index contributed by atoms with van der Waals surface area (Å²) in [7, 11) is 0. The van der Waals surface area contributed by atoms with Crippen molar-refractivity contribution in [2.45, 2.75) is 45.6 Å². The molecule has 162 valence electrons. The van der Waals surface area contributed by atoms with E-state index in [0.29, 0.717) is 25.3 Å². The predicted octanol–water partition coefficient (Wildman–Crippen LogP) is 4.51. The summed E-state index contributed by atoms with van der Waals surface area (Å²) in [4.78, 5) is 12.4. The van der Waals surface area contributed by atoms with Crippen LogP contribution in [0.1, 0.15) is 36.1 Å². The summed E-state index contributed by atoms with van der Waals surface area (Å²) >= 11 is 0. The molecule has 31 heavy (non-hydrogen) atoms. The average Bonchev–Trinajstić information content (AvgIpc) is 3.40. The fraction of sp³-hybridized carbons (Fsp3) is 0.360. The number of para-hydroxylation sites is 1. The summed E-state index contributed by atoms with van der Waals surface area (Å²) in [5, 5.41) is 7.74. The van der Waals surface area contributed by atoms with E-state index in [9.17, 15) is 4.79 Å². The third kappa shape index (κ3) is 5.33. The van der Waals surface area contributed by atoms with E-state index in [-0.39, 0.29) is 12.0 Å². The molecule has 1 amide bonds. The Morgan fingerprint density at radius 3 is 2.77 bits per heavy atom. The summed E-state index contributed by atoms with van der Waals surface area (Å²) in [6.07, 6.45) is 3.15. The number of carbonyl (C=O) groups excluding carboxylic acids is 1. The van der Waals surface area contributed by atoms with Gasteiger partial charge < -0.3 is 14.8 Å². The number of rotatable bonds is 8. The van der Waals surface area contributed by atoms with Crippen molar-refractivity contribution in [3.05, 3.63) is 71.4 Å². The van der Waals surface area contributed by atoms with Gasteiger partial charge in [0.15, 0.2) is 0 Å². The minimum atomic E-state index is 0.0175. The van der Waals surface area contributed by atoms with Gasteiger partial charge in [-0.25, -0.2) is 4.68 Å². The number of nitrogens with one attached hydrogen (secondary N) is 1. The van der Waals surface area contributed by atoms with E-state index < -0.39 is 0 Å². The molecule has 0 saturated carbocycles. The number of ether oxygens (including phenoxy) is 2. The van der Waals surface area contributed by atoms with Gasteiger partial charge in [-0.1, -0.05) is 30.3 Å². The molecule has 6 heteroatoms. The summed E-state index contributed by atoms with van der Waals surface area (Å²) < 4.78 is 13.7. The Morgan fingerprint density at radius 1 is 1.19 bits per heavy atom. The number of hydrogen-bond donors (Lipinski definition) is 1. The lowest BCUT2D eigenvalue weighted by Crippen LogP contribution is -2.31. The van der Waals surface area contributed by atoms with Gasteiger partial charge in [0.1, 0.15) is 5.75 Å². The van der Waals surface area contributed by atoms with Crippen molar-refractivity contribution in [3.8, 4) is 17.3 Å².